The second-order valence-corrected chi connectivity index (χ2v) is 6.52. The van der Waals surface area contributed by atoms with Crippen LogP contribution in [0.25, 0.3) is 5.69 Å². The van der Waals surface area contributed by atoms with Crippen LogP contribution in [0.4, 0.5) is 14.5 Å². The van der Waals surface area contributed by atoms with E-state index in [2.05, 4.69) is 25.5 Å². The third-order valence-electron chi connectivity index (χ3n) is 4.49. The molecule has 2 N–H and O–H groups in total. The molecule has 8 nitrogen and oxygen atoms in total. The van der Waals surface area contributed by atoms with Crippen molar-refractivity contribution in [3.05, 3.63) is 66.2 Å². The lowest BCUT2D eigenvalue weighted by Crippen LogP contribution is -2.33. The summed E-state index contributed by atoms with van der Waals surface area (Å²) < 4.78 is 35.8. The van der Waals surface area contributed by atoms with Crippen molar-refractivity contribution in [3.63, 3.8) is 0 Å². The number of morpholine rings is 1. The topological polar surface area (TPSA) is 90.3 Å². The van der Waals surface area contributed by atoms with Crippen LogP contribution in [0.1, 0.15) is 22.3 Å². The first kappa shape index (κ1) is 19.9. The Morgan fingerprint density at radius 3 is 2.63 bits per heavy atom. The minimum atomic E-state index is -2.89. The first-order chi connectivity index (χ1) is 14.6. The predicted molar refractivity (Wildman–Crippen MR) is 104 cm³/mol. The van der Waals surface area contributed by atoms with Gasteiger partial charge in [-0.2, -0.15) is 8.78 Å². The summed E-state index contributed by atoms with van der Waals surface area (Å²) in [5, 5.41) is 10.2. The van der Waals surface area contributed by atoms with Gasteiger partial charge < -0.3 is 20.1 Å². The van der Waals surface area contributed by atoms with Gasteiger partial charge in [0, 0.05) is 18.8 Å². The van der Waals surface area contributed by atoms with E-state index in [0.29, 0.717) is 18.0 Å². The molecule has 0 bridgehead atoms. The average molecular weight is 415 g/mol. The second kappa shape index (κ2) is 8.97. The number of aromatic nitrogens is 3. The maximum Gasteiger partial charge on any atom is 0.387 e. The Kier molecular flexibility index (Phi) is 5.96. The van der Waals surface area contributed by atoms with Gasteiger partial charge in [-0.1, -0.05) is 12.1 Å². The molecule has 1 aromatic heterocycles. The molecular formula is C20H19F2N5O3. The van der Waals surface area contributed by atoms with Crippen molar-refractivity contribution in [2.45, 2.75) is 12.7 Å². The van der Waals surface area contributed by atoms with Gasteiger partial charge >= 0.3 is 6.61 Å². The number of ether oxygens (including phenoxy) is 2. The standard InChI is InChI=1S/C20H19F2N5O3/c21-20(22)30-16-7-5-15(6-8-16)27-12-24-18(26-27)19(28)25-14-3-1-13(2-4-14)17-11-23-9-10-29-17/h1-8,12,17,20,23H,9-11H2,(H,25,28). The van der Waals surface area contributed by atoms with Crippen molar-refractivity contribution >= 4 is 11.6 Å². The van der Waals surface area contributed by atoms with Crippen LogP contribution in [0.3, 0.4) is 0 Å². The van der Waals surface area contributed by atoms with Gasteiger partial charge in [-0.3, -0.25) is 4.79 Å². The van der Waals surface area contributed by atoms with E-state index in [1.807, 2.05) is 12.1 Å². The van der Waals surface area contributed by atoms with E-state index < -0.39 is 12.5 Å². The SMILES string of the molecule is O=C(Nc1ccc(C2CNCCO2)cc1)c1ncn(-c2ccc(OC(F)F)cc2)n1. The lowest BCUT2D eigenvalue weighted by molar-refractivity contribution is -0.0498. The smallest absolute Gasteiger partial charge is 0.387 e. The highest BCUT2D eigenvalue weighted by molar-refractivity contribution is 6.01. The van der Waals surface area contributed by atoms with E-state index in [1.54, 1.807) is 12.1 Å². The quantitative estimate of drug-likeness (QED) is 0.644. The molecule has 4 rings (SSSR count). The minimum absolute atomic E-state index is 0.00153. The Labute approximate surface area is 170 Å². The van der Waals surface area contributed by atoms with Crippen LogP contribution < -0.4 is 15.4 Å². The summed E-state index contributed by atoms with van der Waals surface area (Å²) in [5.74, 6) is -0.453. The molecule has 0 saturated carbocycles. The van der Waals surface area contributed by atoms with Crippen LogP contribution in [0.15, 0.2) is 54.9 Å². The fraction of sp³-hybridized carbons (Fsp3) is 0.250. The summed E-state index contributed by atoms with van der Waals surface area (Å²) in [6.45, 7) is -0.627. The van der Waals surface area contributed by atoms with Crippen LogP contribution >= 0.6 is 0 Å². The van der Waals surface area contributed by atoms with Gasteiger partial charge in [-0.15, -0.1) is 5.10 Å². The van der Waals surface area contributed by atoms with E-state index in [-0.39, 0.29) is 17.7 Å². The van der Waals surface area contributed by atoms with Crippen LogP contribution in [-0.4, -0.2) is 47.0 Å². The first-order valence-corrected chi connectivity index (χ1v) is 9.29. The van der Waals surface area contributed by atoms with Gasteiger partial charge in [-0.25, -0.2) is 9.67 Å². The van der Waals surface area contributed by atoms with Crippen molar-refractivity contribution in [1.82, 2.24) is 20.1 Å². The molecule has 1 saturated heterocycles. The number of hydrogen-bond donors (Lipinski definition) is 2. The summed E-state index contributed by atoms with van der Waals surface area (Å²) in [6, 6.07) is 13.2. The Hall–Kier alpha value is -3.37. The van der Waals surface area contributed by atoms with Gasteiger partial charge in [0.1, 0.15) is 12.1 Å². The zero-order valence-corrected chi connectivity index (χ0v) is 15.8. The number of rotatable bonds is 6. The average Bonchev–Trinajstić information content (AvgIpc) is 3.25. The van der Waals surface area contributed by atoms with Gasteiger partial charge in [0.15, 0.2) is 0 Å². The lowest BCUT2D eigenvalue weighted by Gasteiger charge is -2.24. The molecule has 1 fully saturated rings. The number of carbonyl (C=O) groups excluding carboxylic acids is 1. The number of alkyl halides is 2. The number of hydrogen-bond acceptors (Lipinski definition) is 6. The third kappa shape index (κ3) is 4.78. The summed E-state index contributed by atoms with van der Waals surface area (Å²) in [7, 11) is 0. The Bertz CT molecular complexity index is 986. The Morgan fingerprint density at radius 2 is 1.97 bits per heavy atom. The van der Waals surface area contributed by atoms with Crippen molar-refractivity contribution in [2.24, 2.45) is 0 Å². The van der Waals surface area contributed by atoms with Crippen LogP contribution in [0, 0.1) is 0 Å². The monoisotopic (exact) mass is 415 g/mol. The van der Waals surface area contributed by atoms with E-state index >= 15 is 0 Å². The molecule has 2 aromatic carbocycles. The molecule has 1 aliphatic rings. The maximum absolute atomic E-state index is 12.4. The molecule has 2 heterocycles. The van der Waals surface area contributed by atoms with Crippen LogP contribution in [0.5, 0.6) is 5.75 Å². The number of anilines is 1. The summed E-state index contributed by atoms with van der Waals surface area (Å²) in [5.41, 5.74) is 2.19. The maximum atomic E-state index is 12.4. The Balaban J connectivity index is 1.39. The fourth-order valence-corrected chi connectivity index (χ4v) is 3.02. The zero-order chi connectivity index (χ0) is 20.9. The van der Waals surface area contributed by atoms with Crippen molar-refractivity contribution in [3.8, 4) is 11.4 Å². The van der Waals surface area contributed by atoms with E-state index in [9.17, 15) is 13.6 Å². The molecule has 3 aromatic rings. The third-order valence-corrected chi connectivity index (χ3v) is 4.49. The Morgan fingerprint density at radius 1 is 1.20 bits per heavy atom. The fourth-order valence-electron chi connectivity index (χ4n) is 3.02. The highest BCUT2D eigenvalue weighted by atomic mass is 19.3. The molecule has 1 amide bonds. The molecule has 30 heavy (non-hydrogen) atoms. The number of nitrogens with zero attached hydrogens (tertiary/aromatic N) is 3. The van der Waals surface area contributed by atoms with E-state index in [1.165, 1.54) is 35.3 Å². The summed E-state index contributed by atoms with van der Waals surface area (Å²) in [6.07, 6.45) is 1.37. The first-order valence-electron chi connectivity index (χ1n) is 9.29. The van der Waals surface area contributed by atoms with Crippen LogP contribution in [0.2, 0.25) is 0 Å². The van der Waals surface area contributed by atoms with Gasteiger partial charge in [-0.05, 0) is 42.0 Å². The number of carbonyl (C=O) groups is 1. The largest absolute Gasteiger partial charge is 0.435 e. The second-order valence-electron chi connectivity index (χ2n) is 6.52. The molecular weight excluding hydrogens is 396 g/mol. The van der Waals surface area contributed by atoms with Gasteiger partial charge in [0.2, 0.25) is 5.82 Å². The minimum Gasteiger partial charge on any atom is -0.435 e. The summed E-state index contributed by atoms with van der Waals surface area (Å²) in [4.78, 5) is 16.4. The number of nitrogens with one attached hydrogen (secondary N) is 2. The molecule has 1 atom stereocenters. The molecule has 156 valence electrons. The molecule has 1 aliphatic heterocycles. The number of halogens is 2. The normalized spacial score (nSPS) is 16.4. The molecule has 1 unspecified atom stereocenters. The highest BCUT2D eigenvalue weighted by Crippen LogP contribution is 2.21. The van der Waals surface area contributed by atoms with E-state index in [0.717, 1.165) is 18.7 Å². The highest BCUT2D eigenvalue weighted by Gasteiger charge is 2.16. The van der Waals surface area contributed by atoms with Gasteiger partial charge in [0.05, 0.1) is 18.4 Å². The van der Waals surface area contributed by atoms with Crippen molar-refractivity contribution in [2.75, 3.05) is 25.0 Å². The molecule has 0 aliphatic carbocycles. The van der Waals surface area contributed by atoms with Gasteiger partial charge in [0.25, 0.3) is 5.91 Å². The summed E-state index contributed by atoms with van der Waals surface area (Å²) >= 11 is 0. The zero-order valence-electron chi connectivity index (χ0n) is 15.8. The number of benzene rings is 2. The number of amides is 1. The van der Waals surface area contributed by atoms with Crippen LogP contribution in [-0.2, 0) is 4.74 Å². The predicted octanol–water partition coefficient (Wildman–Crippen LogP) is 2.78. The molecule has 0 radical (unpaired) electrons. The van der Waals surface area contributed by atoms with Crippen molar-refractivity contribution in [1.29, 1.82) is 0 Å². The molecule has 10 heteroatoms. The molecule has 0 spiro atoms. The van der Waals surface area contributed by atoms with Crippen molar-refractivity contribution < 1.29 is 23.0 Å². The lowest BCUT2D eigenvalue weighted by atomic mass is 10.1. The van der Waals surface area contributed by atoms with E-state index in [4.69, 9.17) is 4.74 Å².